The van der Waals surface area contributed by atoms with E-state index in [1.165, 1.54) is 12.5 Å². The molecule has 1 aromatic carbocycles. The van der Waals surface area contributed by atoms with Gasteiger partial charge < -0.3 is 10.2 Å². The van der Waals surface area contributed by atoms with Crippen molar-refractivity contribution in [2.45, 2.75) is 69.4 Å². The van der Waals surface area contributed by atoms with Crippen LogP contribution in [0.1, 0.15) is 62.8 Å². The van der Waals surface area contributed by atoms with Crippen molar-refractivity contribution >= 4 is 11.8 Å². The van der Waals surface area contributed by atoms with Crippen LogP contribution in [0.25, 0.3) is 0 Å². The molecule has 0 radical (unpaired) electrons. The minimum absolute atomic E-state index is 0.0319. The third-order valence-corrected chi connectivity index (χ3v) is 6.19. The first-order valence-electron chi connectivity index (χ1n) is 10.00. The Kier molecular flexibility index (Phi) is 4.96. The second-order valence-corrected chi connectivity index (χ2v) is 8.04. The van der Waals surface area contributed by atoms with E-state index in [0.717, 1.165) is 50.5 Å². The zero-order chi connectivity index (χ0) is 18.1. The highest BCUT2D eigenvalue weighted by molar-refractivity contribution is 5.89. The highest BCUT2D eigenvalue weighted by Crippen LogP contribution is 2.41. The minimum atomic E-state index is -0.321. The number of benzene rings is 1. The van der Waals surface area contributed by atoms with Gasteiger partial charge in [0.2, 0.25) is 11.8 Å². The number of rotatable bonds is 4. The quantitative estimate of drug-likeness (QED) is 0.897. The first-order chi connectivity index (χ1) is 12.6. The lowest BCUT2D eigenvalue weighted by molar-refractivity contribution is -0.142. The van der Waals surface area contributed by atoms with Gasteiger partial charge in [0.15, 0.2) is 0 Å². The summed E-state index contributed by atoms with van der Waals surface area (Å²) in [6, 6.07) is 6.35. The van der Waals surface area contributed by atoms with Gasteiger partial charge in [0.25, 0.3) is 0 Å². The van der Waals surface area contributed by atoms with Crippen molar-refractivity contribution in [3.63, 3.8) is 0 Å². The molecular formula is C21H27FN2O2. The van der Waals surface area contributed by atoms with Gasteiger partial charge in [-0.1, -0.05) is 31.4 Å². The Morgan fingerprint density at radius 2 is 1.88 bits per heavy atom. The molecule has 1 aliphatic heterocycles. The van der Waals surface area contributed by atoms with E-state index in [1.807, 2.05) is 11.0 Å². The molecule has 4 nitrogen and oxygen atoms in total. The maximum Gasteiger partial charge on any atom is 0.243 e. The number of carbonyl (C=O) groups is 2. The van der Waals surface area contributed by atoms with Gasteiger partial charge in [-0.3, -0.25) is 9.59 Å². The highest BCUT2D eigenvalue weighted by atomic mass is 19.1. The fraction of sp³-hybridized carbons (Fsp3) is 0.619. The molecule has 1 aromatic rings. The molecule has 26 heavy (non-hydrogen) atoms. The molecule has 2 aliphatic carbocycles. The van der Waals surface area contributed by atoms with Crippen molar-refractivity contribution in [2.75, 3.05) is 6.54 Å². The van der Waals surface area contributed by atoms with Crippen LogP contribution in [-0.2, 0) is 9.59 Å². The minimum Gasteiger partial charge on any atom is -0.351 e. The van der Waals surface area contributed by atoms with Crippen LogP contribution in [0.2, 0.25) is 0 Å². The zero-order valence-corrected chi connectivity index (χ0v) is 15.1. The summed E-state index contributed by atoms with van der Waals surface area (Å²) in [5.74, 6) is 0.214. The average molecular weight is 358 g/mol. The first-order valence-corrected chi connectivity index (χ1v) is 10.00. The van der Waals surface area contributed by atoms with E-state index >= 15 is 0 Å². The number of nitrogens with zero attached hydrogens (tertiary/aromatic N) is 1. The molecule has 3 atom stereocenters. The summed E-state index contributed by atoms with van der Waals surface area (Å²) < 4.78 is 13.4. The number of nitrogens with one attached hydrogen (secondary N) is 1. The molecular weight excluding hydrogens is 331 g/mol. The molecule has 2 amide bonds. The van der Waals surface area contributed by atoms with Crippen molar-refractivity contribution < 1.29 is 14.0 Å². The molecule has 2 saturated carbocycles. The molecule has 1 saturated heterocycles. The van der Waals surface area contributed by atoms with Gasteiger partial charge in [0.05, 0.1) is 0 Å². The highest BCUT2D eigenvalue weighted by Gasteiger charge is 2.43. The fourth-order valence-corrected chi connectivity index (χ4v) is 4.63. The Morgan fingerprint density at radius 1 is 1.08 bits per heavy atom. The van der Waals surface area contributed by atoms with Gasteiger partial charge in [0, 0.05) is 24.4 Å². The van der Waals surface area contributed by atoms with E-state index in [2.05, 4.69) is 5.32 Å². The predicted octanol–water partition coefficient (Wildman–Crippen LogP) is 3.37. The molecule has 0 bridgehead atoms. The third kappa shape index (κ3) is 3.62. The smallest absolute Gasteiger partial charge is 0.243 e. The van der Waals surface area contributed by atoms with Gasteiger partial charge >= 0.3 is 0 Å². The van der Waals surface area contributed by atoms with Crippen LogP contribution in [0.5, 0.6) is 0 Å². The Morgan fingerprint density at radius 3 is 2.65 bits per heavy atom. The lowest BCUT2D eigenvalue weighted by Gasteiger charge is -2.30. The lowest BCUT2D eigenvalue weighted by Crippen LogP contribution is -2.48. The molecule has 3 aliphatic rings. The van der Waals surface area contributed by atoms with E-state index in [9.17, 15) is 14.0 Å². The second-order valence-electron chi connectivity index (χ2n) is 8.04. The van der Waals surface area contributed by atoms with Crippen molar-refractivity contribution in [3.8, 4) is 0 Å². The summed E-state index contributed by atoms with van der Waals surface area (Å²) in [7, 11) is 0. The fourth-order valence-electron chi connectivity index (χ4n) is 4.63. The topological polar surface area (TPSA) is 49.4 Å². The maximum absolute atomic E-state index is 13.4. The third-order valence-electron chi connectivity index (χ3n) is 6.19. The van der Waals surface area contributed by atoms with Crippen LogP contribution >= 0.6 is 0 Å². The van der Waals surface area contributed by atoms with E-state index in [-0.39, 0.29) is 41.6 Å². The van der Waals surface area contributed by atoms with Crippen LogP contribution in [0, 0.1) is 11.7 Å². The van der Waals surface area contributed by atoms with Crippen molar-refractivity contribution in [1.29, 1.82) is 0 Å². The van der Waals surface area contributed by atoms with E-state index < -0.39 is 0 Å². The Bertz CT molecular complexity index is 686. The number of carbonyl (C=O) groups excluding carboxylic acids is 2. The molecule has 140 valence electrons. The van der Waals surface area contributed by atoms with Crippen LogP contribution < -0.4 is 5.32 Å². The summed E-state index contributed by atoms with van der Waals surface area (Å²) in [4.78, 5) is 27.4. The molecule has 0 aromatic heterocycles. The van der Waals surface area contributed by atoms with Gasteiger partial charge in [-0.25, -0.2) is 4.39 Å². The van der Waals surface area contributed by atoms with Crippen molar-refractivity contribution in [2.24, 2.45) is 5.92 Å². The van der Waals surface area contributed by atoms with Gasteiger partial charge in [-0.15, -0.1) is 0 Å². The summed E-state index contributed by atoms with van der Waals surface area (Å²) in [5.41, 5.74) is 0.942. The number of hydrogen-bond donors (Lipinski definition) is 1. The van der Waals surface area contributed by atoms with Crippen LogP contribution in [0.3, 0.4) is 0 Å². The van der Waals surface area contributed by atoms with Crippen LogP contribution in [0.15, 0.2) is 24.3 Å². The van der Waals surface area contributed by atoms with E-state index in [0.29, 0.717) is 6.54 Å². The maximum atomic E-state index is 13.4. The lowest BCUT2D eigenvalue weighted by atomic mass is 9.88. The SMILES string of the molecule is O=C(N[C@@H]1C[C@@H]1c1cccc(F)c1)[C@H]1CCCN1C(=O)C1CCCCC1. The van der Waals surface area contributed by atoms with Crippen LogP contribution in [0.4, 0.5) is 4.39 Å². The number of hydrogen-bond acceptors (Lipinski definition) is 2. The molecule has 5 heteroatoms. The molecule has 1 N–H and O–H groups in total. The van der Waals surface area contributed by atoms with Crippen LogP contribution in [-0.4, -0.2) is 35.3 Å². The molecule has 3 fully saturated rings. The molecule has 0 spiro atoms. The van der Waals surface area contributed by atoms with E-state index in [4.69, 9.17) is 0 Å². The normalized spacial score (nSPS) is 28.8. The summed E-state index contributed by atoms with van der Waals surface area (Å²) in [6.45, 7) is 0.700. The Hall–Kier alpha value is -1.91. The predicted molar refractivity (Wildman–Crippen MR) is 97.0 cm³/mol. The monoisotopic (exact) mass is 358 g/mol. The average Bonchev–Trinajstić information content (AvgIpc) is 3.24. The van der Waals surface area contributed by atoms with E-state index in [1.54, 1.807) is 12.1 Å². The standard InChI is InChI=1S/C21H27FN2O2/c22-16-9-4-8-15(12-16)17-13-18(17)23-20(25)19-10-5-11-24(19)21(26)14-6-2-1-3-7-14/h4,8-9,12,14,17-19H,1-3,5-7,10-11,13H2,(H,23,25)/t17-,18-,19-/m1/s1. The zero-order valence-electron chi connectivity index (χ0n) is 15.1. The molecule has 4 rings (SSSR count). The second kappa shape index (κ2) is 7.37. The number of likely N-dealkylation sites (tertiary alicyclic amines) is 1. The number of amides is 2. The van der Waals surface area contributed by atoms with Gasteiger partial charge in [-0.2, -0.15) is 0 Å². The molecule has 0 unspecified atom stereocenters. The summed E-state index contributed by atoms with van der Waals surface area (Å²) in [6.07, 6.45) is 7.89. The molecule has 1 heterocycles. The summed E-state index contributed by atoms with van der Waals surface area (Å²) >= 11 is 0. The Balaban J connectivity index is 1.35. The van der Waals surface area contributed by atoms with Gasteiger partial charge in [-0.05, 0) is 49.8 Å². The van der Waals surface area contributed by atoms with Crippen molar-refractivity contribution in [1.82, 2.24) is 10.2 Å². The first kappa shape index (κ1) is 17.5. The Labute approximate surface area is 154 Å². The largest absolute Gasteiger partial charge is 0.351 e. The summed E-state index contributed by atoms with van der Waals surface area (Å²) in [5, 5.41) is 3.10. The van der Waals surface area contributed by atoms with Gasteiger partial charge in [0.1, 0.15) is 11.9 Å². The number of halogens is 1. The van der Waals surface area contributed by atoms with Crippen molar-refractivity contribution in [3.05, 3.63) is 35.6 Å².